The van der Waals surface area contributed by atoms with Crippen molar-refractivity contribution in [2.24, 2.45) is 0 Å². The summed E-state index contributed by atoms with van der Waals surface area (Å²) < 4.78 is 13.2. The number of hydrogen-bond acceptors (Lipinski definition) is 5. The molecular formula is C30H37FN6O. The quantitative estimate of drug-likeness (QED) is 0.449. The molecule has 0 saturated carbocycles. The third-order valence-electron chi connectivity index (χ3n) is 7.59. The van der Waals surface area contributed by atoms with E-state index < -0.39 is 0 Å². The molecule has 0 radical (unpaired) electrons. The summed E-state index contributed by atoms with van der Waals surface area (Å²) in [6, 6.07) is 21.5. The Bertz CT molecular complexity index is 1170. The number of halogens is 1. The Kier molecular flexibility index (Phi) is 8.71. The summed E-state index contributed by atoms with van der Waals surface area (Å²) in [5, 5.41) is 6.08. The van der Waals surface area contributed by atoms with Crippen molar-refractivity contribution >= 4 is 17.5 Å². The highest BCUT2D eigenvalue weighted by Gasteiger charge is 2.24. The molecule has 200 valence electrons. The molecule has 2 aromatic carbocycles. The van der Waals surface area contributed by atoms with Gasteiger partial charge in [0.15, 0.2) is 0 Å². The average Bonchev–Trinajstić information content (AvgIpc) is 3.42. The fraction of sp³-hybridized carbons (Fsp3) is 0.400. The molecule has 2 fully saturated rings. The molecule has 7 nitrogen and oxygen atoms in total. The maximum Gasteiger partial charge on any atom is 0.315 e. The number of carbonyl (C=O) groups is 1. The van der Waals surface area contributed by atoms with Crippen LogP contribution in [0.1, 0.15) is 24.0 Å². The number of nitrogens with one attached hydrogen (secondary N) is 2. The number of pyridine rings is 1. The van der Waals surface area contributed by atoms with Crippen LogP contribution in [0.15, 0.2) is 72.9 Å². The van der Waals surface area contributed by atoms with Crippen LogP contribution < -0.4 is 20.4 Å². The molecule has 1 unspecified atom stereocenters. The third-order valence-corrected chi connectivity index (χ3v) is 7.59. The Morgan fingerprint density at radius 1 is 0.895 bits per heavy atom. The van der Waals surface area contributed by atoms with Gasteiger partial charge in [-0.15, -0.1) is 0 Å². The lowest BCUT2D eigenvalue weighted by molar-refractivity contribution is 0.226. The van der Waals surface area contributed by atoms with Gasteiger partial charge in [0.05, 0.1) is 0 Å². The van der Waals surface area contributed by atoms with Crippen molar-refractivity contribution in [3.8, 4) is 0 Å². The van der Waals surface area contributed by atoms with Crippen LogP contribution in [0, 0.1) is 5.82 Å². The summed E-state index contributed by atoms with van der Waals surface area (Å²) in [6.07, 6.45) is 5.15. The van der Waals surface area contributed by atoms with E-state index in [1.165, 1.54) is 24.1 Å². The Balaban J connectivity index is 1.04. The SMILES string of the molecule is O=C(NCc1ccnc(N2CCN(c3ccc(F)cc3)CC2)c1)NCC1CCCN1CCc1ccccc1. The van der Waals surface area contributed by atoms with Gasteiger partial charge in [-0.1, -0.05) is 30.3 Å². The van der Waals surface area contributed by atoms with Crippen molar-refractivity contribution in [1.82, 2.24) is 20.5 Å². The van der Waals surface area contributed by atoms with Gasteiger partial charge in [-0.05, 0) is 73.3 Å². The first-order chi connectivity index (χ1) is 18.6. The van der Waals surface area contributed by atoms with E-state index in [1.807, 2.05) is 18.2 Å². The molecule has 2 saturated heterocycles. The number of piperazine rings is 1. The molecule has 3 heterocycles. The van der Waals surface area contributed by atoms with E-state index in [-0.39, 0.29) is 11.8 Å². The van der Waals surface area contributed by atoms with Gasteiger partial charge in [0.1, 0.15) is 11.6 Å². The molecule has 2 amide bonds. The molecule has 0 bridgehead atoms. The first-order valence-corrected chi connectivity index (χ1v) is 13.6. The van der Waals surface area contributed by atoms with E-state index in [1.54, 1.807) is 6.20 Å². The molecule has 3 aromatic rings. The standard InChI is InChI=1S/C30H37FN6O/c31-26-8-10-27(11-9-26)36-17-19-37(20-18-36)29-21-25(12-14-32-29)22-33-30(38)34-23-28-7-4-15-35(28)16-13-24-5-2-1-3-6-24/h1-3,5-6,8-12,14,21,28H,4,7,13,15-20,22-23H2,(H2,33,34,38). The Labute approximate surface area is 224 Å². The summed E-state index contributed by atoms with van der Waals surface area (Å²) >= 11 is 0. The van der Waals surface area contributed by atoms with E-state index in [2.05, 4.69) is 66.7 Å². The summed E-state index contributed by atoms with van der Waals surface area (Å²) in [6.45, 7) is 6.62. The fourth-order valence-electron chi connectivity index (χ4n) is 5.38. The first kappa shape index (κ1) is 26.0. The van der Waals surface area contributed by atoms with E-state index in [9.17, 15) is 9.18 Å². The number of hydrogen-bond donors (Lipinski definition) is 2. The fourth-order valence-corrected chi connectivity index (χ4v) is 5.38. The Morgan fingerprint density at radius 3 is 2.45 bits per heavy atom. The van der Waals surface area contributed by atoms with Gasteiger partial charge in [-0.2, -0.15) is 0 Å². The maximum absolute atomic E-state index is 13.2. The lowest BCUT2D eigenvalue weighted by Gasteiger charge is -2.36. The minimum absolute atomic E-state index is 0.133. The van der Waals surface area contributed by atoms with Gasteiger partial charge in [0, 0.05) is 63.7 Å². The van der Waals surface area contributed by atoms with E-state index in [0.29, 0.717) is 19.1 Å². The third kappa shape index (κ3) is 7.01. The summed E-state index contributed by atoms with van der Waals surface area (Å²) in [7, 11) is 0. The largest absolute Gasteiger partial charge is 0.368 e. The Hall–Kier alpha value is -3.65. The van der Waals surface area contributed by atoms with Crippen molar-refractivity contribution < 1.29 is 9.18 Å². The highest BCUT2D eigenvalue weighted by molar-refractivity contribution is 5.73. The van der Waals surface area contributed by atoms with Gasteiger partial charge in [0.25, 0.3) is 0 Å². The van der Waals surface area contributed by atoms with Crippen molar-refractivity contribution in [1.29, 1.82) is 0 Å². The number of likely N-dealkylation sites (tertiary alicyclic amines) is 1. The second kappa shape index (κ2) is 12.7. The minimum atomic E-state index is -0.213. The predicted molar refractivity (Wildman–Crippen MR) is 150 cm³/mol. The number of anilines is 2. The summed E-state index contributed by atoms with van der Waals surface area (Å²) in [4.78, 5) is 24.1. The average molecular weight is 517 g/mol. The molecule has 1 aromatic heterocycles. The zero-order valence-corrected chi connectivity index (χ0v) is 21.9. The number of aromatic nitrogens is 1. The van der Waals surface area contributed by atoms with Gasteiger partial charge in [-0.25, -0.2) is 14.2 Å². The van der Waals surface area contributed by atoms with Crippen LogP contribution in [0.25, 0.3) is 0 Å². The molecule has 2 aliphatic heterocycles. The molecule has 0 aliphatic carbocycles. The normalized spacial score (nSPS) is 18.0. The number of benzene rings is 2. The number of urea groups is 1. The van der Waals surface area contributed by atoms with Crippen LogP contribution in [-0.4, -0.2) is 67.8 Å². The van der Waals surface area contributed by atoms with Crippen LogP contribution in [0.2, 0.25) is 0 Å². The number of amides is 2. The number of carbonyl (C=O) groups excluding carboxylic acids is 1. The molecule has 2 aliphatic rings. The van der Waals surface area contributed by atoms with Crippen LogP contribution in [0.4, 0.5) is 20.7 Å². The first-order valence-electron chi connectivity index (χ1n) is 13.6. The van der Waals surface area contributed by atoms with Crippen LogP contribution in [0.5, 0.6) is 0 Å². The van der Waals surface area contributed by atoms with Crippen LogP contribution in [0.3, 0.4) is 0 Å². The summed E-state index contributed by atoms with van der Waals surface area (Å²) in [5.41, 5.74) is 3.42. The predicted octanol–water partition coefficient (Wildman–Crippen LogP) is 4.05. The summed E-state index contributed by atoms with van der Waals surface area (Å²) in [5.74, 6) is 0.707. The van der Waals surface area contributed by atoms with Crippen molar-refractivity contribution in [3.63, 3.8) is 0 Å². The second-order valence-electron chi connectivity index (χ2n) is 10.1. The molecule has 2 N–H and O–H groups in total. The minimum Gasteiger partial charge on any atom is -0.368 e. The lowest BCUT2D eigenvalue weighted by Crippen LogP contribution is -2.46. The highest BCUT2D eigenvalue weighted by atomic mass is 19.1. The van der Waals surface area contributed by atoms with E-state index in [0.717, 1.165) is 69.2 Å². The zero-order chi connectivity index (χ0) is 26.2. The van der Waals surface area contributed by atoms with E-state index in [4.69, 9.17) is 0 Å². The van der Waals surface area contributed by atoms with Crippen molar-refractivity contribution in [2.75, 3.05) is 55.6 Å². The number of nitrogens with zero attached hydrogens (tertiary/aromatic N) is 4. The highest BCUT2D eigenvalue weighted by Crippen LogP contribution is 2.21. The second-order valence-corrected chi connectivity index (χ2v) is 10.1. The van der Waals surface area contributed by atoms with Gasteiger partial charge < -0.3 is 20.4 Å². The van der Waals surface area contributed by atoms with Crippen LogP contribution >= 0.6 is 0 Å². The van der Waals surface area contributed by atoms with Gasteiger partial charge in [-0.3, -0.25) is 4.90 Å². The molecule has 38 heavy (non-hydrogen) atoms. The number of rotatable bonds is 9. The topological polar surface area (TPSA) is 63.7 Å². The van der Waals surface area contributed by atoms with Gasteiger partial charge in [0.2, 0.25) is 0 Å². The maximum atomic E-state index is 13.2. The molecule has 5 rings (SSSR count). The zero-order valence-electron chi connectivity index (χ0n) is 21.9. The smallest absolute Gasteiger partial charge is 0.315 e. The van der Waals surface area contributed by atoms with Crippen molar-refractivity contribution in [3.05, 3.63) is 89.9 Å². The lowest BCUT2D eigenvalue weighted by atomic mass is 10.1. The van der Waals surface area contributed by atoms with Crippen LogP contribution in [-0.2, 0) is 13.0 Å². The molecule has 1 atom stereocenters. The van der Waals surface area contributed by atoms with Gasteiger partial charge >= 0.3 is 6.03 Å². The monoisotopic (exact) mass is 516 g/mol. The van der Waals surface area contributed by atoms with E-state index >= 15 is 0 Å². The molecular weight excluding hydrogens is 479 g/mol. The van der Waals surface area contributed by atoms with Crippen molar-refractivity contribution in [2.45, 2.75) is 31.8 Å². The molecule has 0 spiro atoms. The molecule has 8 heteroatoms. The Morgan fingerprint density at radius 2 is 1.66 bits per heavy atom.